The Labute approximate surface area is 174 Å². The molecule has 0 fully saturated rings. The molecule has 0 amide bonds. The van der Waals surface area contributed by atoms with Gasteiger partial charge in [0.25, 0.3) is 0 Å². The van der Waals surface area contributed by atoms with Gasteiger partial charge in [-0.2, -0.15) is 0 Å². The van der Waals surface area contributed by atoms with E-state index in [0.717, 1.165) is 27.5 Å². The molecule has 0 heterocycles. The summed E-state index contributed by atoms with van der Waals surface area (Å²) in [5.41, 5.74) is 4.40. The van der Waals surface area contributed by atoms with Crippen LogP contribution in [0.4, 0.5) is 0 Å². The zero-order chi connectivity index (χ0) is 19.1. The summed E-state index contributed by atoms with van der Waals surface area (Å²) < 4.78 is 0. The molecule has 5 aromatic carbocycles. The first kappa shape index (κ1) is 17.3. The summed E-state index contributed by atoms with van der Waals surface area (Å²) in [5.74, 6) is 0. The lowest BCUT2D eigenvalue weighted by molar-refractivity contribution is 1.62. The largest absolute Gasteiger partial charge is 0.0827 e. The molecule has 0 spiro atoms. The smallest absolute Gasteiger partial charge is 0.0677 e. The molecule has 5 rings (SSSR count). The van der Waals surface area contributed by atoms with Gasteiger partial charge in [-0.3, -0.25) is 0 Å². The van der Waals surface area contributed by atoms with Gasteiger partial charge in [0.1, 0.15) is 0 Å². The Kier molecular flexibility index (Phi) is 4.31. The Balaban J connectivity index is 1.89. The monoisotopic (exact) mass is 398 g/mol. The summed E-state index contributed by atoms with van der Waals surface area (Å²) in [6, 6.07) is 33.4. The average molecular weight is 399 g/mol. The molecule has 0 saturated carbocycles. The third kappa shape index (κ3) is 2.77. The molecule has 0 aliphatic carbocycles. The zero-order valence-corrected chi connectivity index (χ0v) is 16.5. The van der Waals surface area contributed by atoms with Crippen LogP contribution < -0.4 is 0 Å². The van der Waals surface area contributed by atoms with Crippen LogP contribution in [-0.4, -0.2) is 0 Å². The summed E-state index contributed by atoms with van der Waals surface area (Å²) in [5, 5.41) is 5.79. The molecule has 0 nitrogen and oxygen atoms in total. The van der Waals surface area contributed by atoms with E-state index in [0.29, 0.717) is 10.0 Å². The summed E-state index contributed by atoms with van der Waals surface area (Å²) in [4.78, 5) is 0. The van der Waals surface area contributed by atoms with Gasteiger partial charge in [-0.25, -0.2) is 0 Å². The average Bonchev–Trinajstić information content (AvgIpc) is 2.74. The Morgan fingerprint density at radius 2 is 1.04 bits per heavy atom. The second-order valence-corrected chi connectivity index (χ2v) is 7.63. The third-order valence-corrected chi connectivity index (χ3v) is 6.01. The van der Waals surface area contributed by atoms with Gasteiger partial charge in [0.05, 0.1) is 10.0 Å². The topological polar surface area (TPSA) is 0 Å². The highest BCUT2D eigenvalue weighted by Crippen LogP contribution is 2.44. The molecule has 0 atom stereocenters. The fourth-order valence-electron chi connectivity index (χ4n) is 3.95. The second kappa shape index (κ2) is 6.98. The third-order valence-electron chi connectivity index (χ3n) is 5.22. The first-order valence-corrected chi connectivity index (χ1v) is 9.94. The molecule has 0 radical (unpaired) electrons. The molecule has 5 aromatic rings. The predicted octanol–water partition coefficient (Wildman–Crippen LogP) is 8.63. The van der Waals surface area contributed by atoms with Crippen LogP contribution >= 0.6 is 23.2 Å². The normalized spacial score (nSPS) is 11.2. The molecule has 0 aliphatic heterocycles. The SMILES string of the molecule is Clc1cc2ccccc2c(-c2ccccc2-c2cccc3ccccc23)c1Cl. The molecular formula is C26H16Cl2. The first-order chi connectivity index (χ1) is 13.7. The lowest BCUT2D eigenvalue weighted by Crippen LogP contribution is -1.90. The van der Waals surface area contributed by atoms with Crippen molar-refractivity contribution in [3.05, 3.63) is 107 Å². The predicted molar refractivity (Wildman–Crippen MR) is 122 cm³/mol. The molecule has 0 aliphatic rings. The number of benzene rings is 5. The van der Waals surface area contributed by atoms with E-state index < -0.39 is 0 Å². The highest BCUT2D eigenvalue weighted by atomic mass is 35.5. The van der Waals surface area contributed by atoms with Crippen molar-refractivity contribution in [1.29, 1.82) is 0 Å². The molecule has 0 aromatic heterocycles. The maximum absolute atomic E-state index is 6.75. The molecule has 28 heavy (non-hydrogen) atoms. The molecule has 134 valence electrons. The Bertz CT molecular complexity index is 1330. The number of halogens is 2. The summed E-state index contributed by atoms with van der Waals surface area (Å²) in [7, 11) is 0. The minimum Gasteiger partial charge on any atom is -0.0827 e. The van der Waals surface area contributed by atoms with Crippen molar-refractivity contribution >= 4 is 44.7 Å². The zero-order valence-electron chi connectivity index (χ0n) is 15.0. The lowest BCUT2D eigenvalue weighted by atomic mass is 9.89. The van der Waals surface area contributed by atoms with Gasteiger partial charge in [-0.1, -0.05) is 114 Å². The van der Waals surface area contributed by atoms with Crippen molar-refractivity contribution in [3.63, 3.8) is 0 Å². The van der Waals surface area contributed by atoms with Crippen LogP contribution in [-0.2, 0) is 0 Å². The summed E-state index contributed by atoms with van der Waals surface area (Å²) in [6.45, 7) is 0. The standard InChI is InChI=1S/C26H16Cl2/c27-24-16-18-9-2-4-12-20(18)25(26(24)28)23-14-6-5-13-22(23)21-15-7-10-17-8-1-3-11-19(17)21/h1-16H. The molecule has 0 saturated heterocycles. The maximum Gasteiger partial charge on any atom is 0.0677 e. The van der Waals surface area contributed by atoms with E-state index in [1.165, 1.54) is 16.3 Å². The quantitative estimate of drug-likeness (QED) is 0.279. The van der Waals surface area contributed by atoms with E-state index in [1.54, 1.807) is 0 Å². The van der Waals surface area contributed by atoms with Gasteiger partial charge in [-0.15, -0.1) is 0 Å². The maximum atomic E-state index is 6.75. The number of hydrogen-bond acceptors (Lipinski definition) is 0. The fraction of sp³-hybridized carbons (Fsp3) is 0. The van der Waals surface area contributed by atoms with Crippen molar-refractivity contribution in [3.8, 4) is 22.3 Å². The highest BCUT2D eigenvalue weighted by Gasteiger charge is 2.17. The lowest BCUT2D eigenvalue weighted by Gasteiger charge is -2.16. The van der Waals surface area contributed by atoms with Crippen LogP contribution in [0.25, 0.3) is 43.8 Å². The fourth-order valence-corrected chi connectivity index (χ4v) is 4.42. The van der Waals surface area contributed by atoms with Crippen molar-refractivity contribution in [2.45, 2.75) is 0 Å². The molecule has 0 N–H and O–H groups in total. The van der Waals surface area contributed by atoms with E-state index in [-0.39, 0.29) is 0 Å². The number of rotatable bonds is 2. The first-order valence-electron chi connectivity index (χ1n) is 9.18. The van der Waals surface area contributed by atoms with E-state index in [4.69, 9.17) is 23.2 Å². The second-order valence-electron chi connectivity index (χ2n) is 6.84. The minimum atomic E-state index is 0.572. The Morgan fingerprint density at radius 1 is 0.464 bits per heavy atom. The molecule has 2 heteroatoms. The van der Waals surface area contributed by atoms with Crippen molar-refractivity contribution < 1.29 is 0 Å². The summed E-state index contributed by atoms with van der Waals surface area (Å²) >= 11 is 13.3. The van der Waals surface area contributed by atoms with Gasteiger partial charge >= 0.3 is 0 Å². The van der Waals surface area contributed by atoms with Crippen molar-refractivity contribution in [2.75, 3.05) is 0 Å². The van der Waals surface area contributed by atoms with E-state index in [9.17, 15) is 0 Å². The van der Waals surface area contributed by atoms with Crippen LogP contribution in [0.2, 0.25) is 10.0 Å². The van der Waals surface area contributed by atoms with Crippen LogP contribution in [0.15, 0.2) is 97.1 Å². The molecule has 0 unspecified atom stereocenters. The van der Waals surface area contributed by atoms with Gasteiger partial charge < -0.3 is 0 Å². The van der Waals surface area contributed by atoms with Gasteiger partial charge in [-0.05, 0) is 44.3 Å². The summed E-state index contributed by atoms with van der Waals surface area (Å²) in [6.07, 6.45) is 0. The van der Waals surface area contributed by atoms with Crippen molar-refractivity contribution in [1.82, 2.24) is 0 Å². The highest BCUT2D eigenvalue weighted by molar-refractivity contribution is 6.45. The number of hydrogen-bond donors (Lipinski definition) is 0. The van der Waals surface area contributed by atoms with Gasteiger partial charge in [0, 0.05) is 5.56 Å². The van der Waals surface area contributed by atoms with Crippen LogP contribution in [0.1, 0.15) is 0 Å². The van der Waals surface area contributed by atoms with Crippen LogP contribution in [0, 0.1) is 0 Å². The van der Waals surface area contributed by atoms with Crippen molar-refractivity contribution in [2.24, 2.45) is 0 Å². The molecular weight excluding hydrogens is 383 g/mol. The van der Waals surface area contributed by atoms with Crippen LogP contribution in [0.3, 0.4) is 0 Å². The van der Waals surface area contributed by atoms with E-state index in [2.05, 4.69) is 78.9 Å². The Morgan fingerprint density at radius 3 is 1.86 bits per heavy atom. The van der Waals surface area contributed by atoms with Gasteiger partial charge in [0.2, 0.25) is 0 Å². The van der Waals surface area contributed by atoms with Gasteiger partial charge in [0.15, 0.2) is 0 Å². The Hall–Kier alpha value is -2.80. The van der Waals surface area contributed by atoms with Crippen LogP contribution in [0.5, 0.6) is 0 Å². The molecule has 0 bridgehead atoms. The number of fused-ring (bicyclic) bond motifs is 2. The van der Waals surface area contributed by atoms with E-state index in [1.807, 2.05) is 18.2 Å². The minimum absolute atomic E-state index is 0.572. The van der Waals surface area contributed by atoms with E-state index >= 15 is 0 Å².